The third-order valence-electron chi connectivity index (χ3n) is 2.84. The molecule has 5 heteroatoms. The second-order valence-corrected chi connectivity index (χ2v) is 4.95. The van der Waals surface area contributed by atoms with Crippen LogP contribution in [0.15, 0.2) is 16.7 Å². The minimum Gasteiger partial charge on any atom is -0.333 e. The van der Waals surface area contributed by atoms with Gasteiger partial charge in [0.25, 0.3) is 5.89 Å². The Morgan fingerprint density at radius 3 is 2.94 bits per heavy atom. The van der Waals surface area contributed by atoms with Gasteiger partial charge in [0.15, 0.2) is 5.82 Å². The van der Waals surface area contributed by atoms with Crippen molar-refractivity contribution in [3.63, 3.8) is 0 Å². The number of hydrogen-bond donors (Lipinski definition) is 0. The van der Waals surface area contributed by atoms with E-state index in [0.717, 1.165) is 23.5 Å². The van der Waals surface area contributed by atoms with Gasteiger partial charge in [0.2, 0.25) is 0 Å². The fraction of sp³-hybridized carbons (Fsp3) is 0.364. The summed E-state index contributed by atoms with van der Waals surface area (Å²) in [7, 11) is 0. The molecule has 0 atom stereocenters. The molecular formula is C11H9N3OS. The van der Waals surface area contributed by atoms with Crippen LogP contribution in [0, 0.1) is 11.3 Å². The van der Waals surface area contributed by atoms with Crippen molar-refractivity contribution in [3.05, 3.63) is 22.8 Å². The van der Waals surface area contributed by atoms with E-state index in [4.69, 9.17) is 9.78 Å². The normalized spacial score (nSPS) is 15.7. The lowest BCUT2D eigenvalue weighted by Crippen LogP contribution is -2.10. The average molecular weight is 231 g/mol. The number of nitrogens with zero attached hydrogens (tertiary/aromatic N) is 3. The van der Waals surface area contributed by atoms with Gasteiger partial charge in [-0.05, 0) is 25.0 Å². The molecule has 0 amide bonds. The molecule has 0 aliphatic heterocycles. The molecule has 0 N–H and O–H groups in total. The molecule has 0 unspecified atom stereocenters. The number of nitriles is 1. The standard InChI is InChI=1S/C11H9N3OS/c12-6-8-4-5-9(16-8)11-13-10(14-15-11)7-2-1-3-7/h4-5,7H,1-3H2. The van der Waals surface area contributed by atoms with Gasteiger partial charge in [-0.15, -0.1) is 11.3 Å². The smallest absolute Gasteiger partial charge is 0.268 e. The molecule has 0 aromatic carbocycles. The molecule has 80 valence electrons. The first kappa shape index (κ1) is 9.55. The van der Waals surface area contributed by atoms with Crippen LogP contribution >= 0.6 is 11.3 Å². The lowest BCUT2D eigenvalue weighted by Gasteiger charge is -2.20. The van der Waals surface area contributed by atoms with Crippen LogP contribution in [0.2, 0.25) is 0 Å². The fourth-order valence-electron chi connectivity index (χ4n) is 1.68. The zero-order valence-electron chi connectivity index (χ0n) is 8.51. The third-order valence-corrected chi connectivity index (χ3v) is 3.82. The van der Waals surface area contributed by atoms with Gasteiger partial charge in [-0.25, -0.2) is 0 Å². The van der Waals surface area contributed by atoms with Crippen molar-refractivity contribution in [1.82, 2.24) is 10.1 Å². The summed E-state index contributed by atoms with van der Waals surface area (Å²) in [6, 6.07) is 5.72. The second-order valence-electron chi connectivity index (χ2n) is 3.86. The van der Waals surface area contributed by atoms with E-state index < -0.39 is 0 Å². The Morgan fingerprint density at radius 2 is 2.31 bits per heavy atom. The first-order valence-corrected chi connectivity index (χ1v) is 6.02. The molecule has 1 saturated carbocycles. The Morgan fingerprint density at radius 1 is 1.44 bits per heavy atom. The lowest BCUT2D eigenvalue weighted by atomic mass is 9.85. The van der Waals surface area contributed by atoms with Crippen LogP contribution in [0.3, 0.4) is 0 Å². The minimum absolute atomic E-state index is 0.480. The summed E-state index contributed by atoms with van der Waals surface area (Å²) in [5, 5.41) is 12.7. The van der Waals surface area contributed by atoms with Gasteiger partial charge in [-0.3, -0.25) is 0 Å². The summed E-state index contributed by atoms with van der Waals surface area (Å²) in [5.74, 6) is 1.83. The zero-order chi connectivity index (χ0) is 11.0. The first-order chi connectivity index (χ1) is 7.86. The highest BCUT2D eigenvalue weighted by Gasteiger charge is 2.25. The maximum atomic E-state index is 8.73. The fourth-order valence-corrected chi connectivity index (χ4v) is 2.41. The van der Waals surface area contributed by atoms with Gasteiger partial charge in [-0.2, -0.15) is 10.2 Å². The molecule has 2 heterocycles. The molecule has 2 aromatic rings. The number of hydrogen-bond acceptors (Lipinski definition) is 5. The van der Waals surface area contributed by atoms with Crippen LogP contribution in [0.4, 0.5) is 0 Å². The molecule has 4 nitrogen and oxygen atoms in total. The summed E-state index contributed by atoms with van der Waals surface area (Å²) >= 11 is 1.38. The van der Waals surface area contributed by atoms with E-state index in [1.807, 2.05) is 6.07 Å². The summed E-state index contributed by atoms with van der Waals surface area (Å²) in [4.78, 5) is 5.91. The van der Waals surface area contributed by atoms with Crippen molar-refractivity contribution >= 4 is 11.3 Å². The van der Waals surface area contributed by atoms with Crippen molar-refractivity contribution < 1.29 is 4.52 Å². The van der Waals surface area contributed by atoms with E-state index in [1.54, 1.807) is 6.07 Å². The number of rotatable bonds is 2. The van der Waals surface area contributed by atoms with Crippen molar-refractivity contribution in [2.45, 2.75) is 25.2 Å². The largest absolute Gasteiger partial charge is 0.333 e. The van der Waals surface area contributed by atoms with Crippen LogP contribution in [0.5, 0.6) is 0 Å². The number of aromatic nitrogens is 2. The predicted octanol–water partition coefficient (Wildman–Crippen LogP) is 2.94. The Bertz CT molecular complexity index is 548. The molecule has 3 rings (SSSR count). The lowest BCUT2D eigenvalue weighted by molar-refractivity contribution is 0.366. The van der Waals surface area contributed by atoms with Crippen LogP contribution in [0.1, 0.15) is 35.9 Å². The number of thiophene rings is 1. The first-order valence-electron chi connectivity index (χ1n) is 5.21. The van der Waals surface area contributed by atoms with Crippen LogP contribution in [-0.4, -0.2) is 10.1 Å². The van der Waals surface area contributed by atoms with E-state index in [2.05, 4.69) is 16.2 Å². The molecule has 0 saturated heterocycles. The minimum atomic E-state index is 0.480. The quantitative estimate of drug-likeness (QED) is 0.797. The van der Waals surface area contributed by atoms with E-state index >= 15 is 0 Å². The monoisotopic (exact) mass is 231 g/mol. The highest BCUT2D eigenvalue weighted by molar-refractivity contribution is 7.15. The van der Waals surface area contributed by atoms with Crippen LogP contribution in [0.25, 0.3) is 10.8 Å². The highest BCUT2D eigenvalue weighted by Crippen LogP contribution is 2.36. The Balaban J connectivity index is 1.89. The average Bonchev–Trinajstić information content (AvgIpc) is 2.81. The molecule has 1 aliphatic carbocycles. The summed E-state index contributed by atoms with van der Waals surface area (Å²) in [6.45, 7) is 0. The maximum absolute atomic E-state index is 8.73. The van der Waals surface area contributed by atoms with Gasteiger partial charge in [-0.1, -0.05) is 11.6 Å². The summed E-state index contributed by atoms with van der Waals surface area (Å²) < 4.78 is 5.21. The molecule has 0 spiro atoms. The molecule has 0 radical (unpaired) electrons. The van der Waals surface area contributed by atoms with Crippen LogP contribution in [-0.2, 0) is 0 Å². The van der Waals surface area contributed by atoms with Gasteiger partial charge in [0.05, 0.1) is 4.88 Å². The SMILES string of the molecule is N#Cc1ccc(-c2nc(C3CCC3)no2)s1. The van der Waals surface area contributed by atoms with E-state index in [1.165, 1.54) is 17.8 Å². The molecule has 1 aliphatic rings. The van der Waals surface area contributed by atoms with Crippen molar-refractivity contribution in [3.8, 4) is 16.8 Å². The van der Waals surface area contributed by atoms with E-state index in [-0.39, 0.29) is 0 Å². The molecule has 16 heavy (non-hydrogen) atoms. The zero-order valence-corrected chi connectivity index (χ0v) is 9.33. The van der Waals surface area contributed by atoms with E-state index in [9.17, 15) is 0 Å². The van der Waals surface area contributed by atoms with Gasteiger partial charge in [0.1, 0.15) is 10.9 Å². The Kier molecular flexibility index (Phi) is 2.22. The predicted molar refractivity (Wildman–Crippen MR) is 58.9 cm³/mol. The summed E-state index contributed by atoms with van der Waals surface area (Å²) in [5.41, 5.74) is 0. The van der Waals surface area contributed by atoms with Gasteiger partial charge in [0, 0.05) is 5.92 Å². The maximum Gasteiger partial charge on any atom is 0.268 e. The second kappa shape index (κ2) is 3.72. The molecule has 2 aromatic heterocycles. The van der Waals surface area contributed by atoms with Gasteiger partial charge < -0.3 is 4.52 Å². The summed E-state index contributed by atoms with van der Waals surface area (Å²) in [6.07, 6.45) is 3.58. The van der Waals surface area contributed by atoms with Crippen LogP contribution < -0.4 is 0 Å². The Labute approximate surface area is 96.5 Å². The highest BCUT2D eigenvalue weighted by atomic mass is 32.1. The van der Waals surface area contributed by atoms with Crippen molar-refractivity contribution in [2.75, 3.05) is 0 Å². The molecule has 0 bridgehead atoms. The van der Waals surface area contributed by atoms with Crippen molar-refractivity contribution in [2.24, 2.45) is 0 Å². The topological polar surface area (TPSA) is 62.7 Å². The molecule has 1 fully saturated rings. The Hall–Kier alpha value is -1.67. The van der Waals surface area contributed by atoms with Gasteiger partial charge >= 0.3 is 0 Å². The molecular weight excluding hydrogens is 222 g/mol. The third kappa shape index (κ3) is 1.51. The van der Waals surface area contributed by atoms with Crippen molar-refractivity contribution in [1.29, 1.82) is 5.26 Å². The van der Waals surface area contributed by atoms with E-state index in [0.29, 0.717) is 16.7 Å².